The molecule has 0 unspecified atom stereocenters. The fraction of sp³-hybridized carbons (Fsp3) is 0.143. The number of carbonyl (C=O) groups excluding carboxylic acids is 2. The molecular formula is C21H18FNO4. The molecule has 6 heteroatoms. The van der Waals surface area contributed by atoms with E-state index in [-0.39, 0.29) is 17.5 Å². The predicted octanol–water partition coefficient (Wildman–Crippen LogP) is 4.07. The van der Waals surface area contributed by atoms with Crippen LogP contribution in [0.3, 0.4) is 0 Å². The lowest BCUT2D eigenvalue weighted by atomic mass is 10.1. The van der Waals surface area contributed by atoms with E-state index in [1.165, 1.54) is 23.1 Å². The van der Waals surface area contributed by atoms with Crippen LogP contribution in [-0.4, -0.2) is 30.9 Å². The van der Waals surface area contributed by atoms with E-state index in [0.29, 0.717) is 16.9 Å². The van der Waals surface area contributed by atoms with Gasteiger partial charge in [0.2, 0.25) is 11.9 Å². The smallest absolute Gasteiger partial charge is 0.375 e. The van der Waals surface area contributed by atoms with Crippen molar-refractivity contribution in [3.63, 3.8) is 0 Å². The minimum absolute atomic E-state index is 0.0400. The van der Waals surface area contributed by atoms with Crippen molar-refractivity contribution in [2.24, 2.45) is 0 Å². The van der Waals surface area contributed by atoms with Crippen molar-refractivity contribution in [3.05, 3.63) is 83.9 Å². The number of halogens is 1. The van der Waals surface area contributed by atoms with E-state index in [0.717, 1.165) is 0 Å². The van der Waals surface area contributed by atoms with Crippen molar-refractivity contribution in [1.29, 1.82) is 0 Å². The van der Waals surface area contributed by atoms with E-state index in [9.17, 15) is 14.0 Å². The van der Waals surface area contributed by atoms with Gasteiger partial charge in [0.05, 0.1) is 0 Å². The summed E-state index contributed by atoms with van der Waals surface area (Å²) in [6.45, 7) is 0. The molecule has 1 aromatic heterocycles. The van der Waals surface area contributed by atoms with Crippen LogP contribution in [0.15, 0.2) is 71.1 Å². The normalized spacial score (nSPS) is 11.7. The van der Waals surface area contributed by atoms with Crippen molar-refractivity contribution >= 4 is 11.9 Å². The summed E-state index contributed by atoms with van der Waals surface area (Å²) in [5, 5.41) is 0. The lowest BCUT2D eigenvalue weighted by molar-refractivity contribution is -0.138. The Kier molecular flexibility index (Phi) is 5.35. The summed E-state index contributed by atoms with van der Waals surface area (Å²) in [7, 11) is 3.18. The number of furan rings is 1. The van der Waals surface area contributed by atoms with E-state index in [2.05, 4.69) is 0 Å². The Hall–Kier alpha value is -3.41. The summed E-state index contributed by atoms with van der Waals surface area (Å²) in [4.78, 5) is 26.3. The summed E-state index contributed by atoms with van der Waals surface area (Å²) >= 11 is 0. The third-order valence-electron chi connectivity index (χ3n) is 3.93. The average Bonchev–Trinajstić information content (AvgIpc) is 3.17. The molecule has 0 bridgehead atoms. The molecule has 3 rings (SSSR count). The maximum absolute atomic E-state index is 13.0. The van der Waals surface area contributed by atoms with Crippen LogP contribution in [0.4, 0.5) is 4.39 Å². The molecule has 1 amide bonds. The summed E-state index contributed by atoms with van der Waals surface area (Å²) in [6.07, 6.45) is -1.08. The lowest BCUT2D eigenvalue weighted by Crippen LogP contribution is -2.31. The van der Waals surface area contributed by atoms with Gasteiger partial charge in [0.25, 0.3) is 5.91 Å². The standard InChI is InChI=1S/C21H18FNO4/c1-23(2)20(24)19(15-6-4-3-5-7-15)27-21(25)18-13-12-17(26-18)14-8-10-16(22)11-9-14/h3-13,19H,1-2H3/t19-/m1/s1. The Morgan fingerprint density at radius 1 is 0.963 bits per heavy atom. The van der Waals surface area contributed by atoms with Crippen molar-refractivity contribution in [2.45, 2.75) is 6.10 Å². The second-order valence-corrected chi connectivity index (χ2v) is 6.10. The number of ether oxygens (including phenoxy) is 1. The molecule has 0 radical (unpaired) electrons. The van der Waals surface area contributed by atoms with Crippen LogP contribution in [0.1, 0.15) is 22.2 Å². The zero-order chi connectivity index (χ0) is 19.4. The predicted molar refractivity (Wildman–Crippen MR) is 97.4 cm³/mol. The molecule has 2 aromatic carbocycles. The number of rotatable bonds is 5. The molecule has 3 aromatic rings. The number of amides is 1. The van der Waals surface area contributed by atoms with Crippen LogP contribution in [0.2, 0.25) is 0 Å². The maximum Gasteiger partial charge on any atom is 0.375 e. The molecule has 0 N–H and O–H groups in total. The van der Waals surface area contributed by atoms with E-state index >= 15 is 0 Å². The Morgan fingerprint density at radius 3 is 2.26 bits per heavy atom. The molecule has 0 saturated carbocycles. The van der Waals surface area contributed by atoms with Crippen molar-refractivity contribution in [2.75, 3.05) is 14.1 Å². The van der Waals surface area contributed by atoms with Crippen LogP contribution in [0.5, 0.6) is 0 Å². The molecule has 1 atom stereocenters. The minimum Gasteiger partial charge on any atom is -0.449 e. The number of hydrogen-bond donors (Lipinski definition) is 0. The first-order valence-corrected chi connectivity index (χ1v) is 8.28. The quantitative estimate of drug-likeness (QED) is 0.638. The molecule has 0 aliphatic carbocycles. The van der Waals surface area contributed by atoms with Gasteiger partial charge in [-0.25, -0.2) is 9.18 Å². The first kappa shape index (κ1) is 18.4. The van der Waals surface area contributed by atoms with E-state index < -0.39 is 12.1 Å². The summed E-state index contributed by atoms with van der Waals surface area (Å²) in [5.74, 6) is -1.12. The first-order chi connectivity index (χ1) is 13.0. The molecule has 0 spiro atoms. The summed E-state index contributed by atoms with van der Waals surface area (Å²) in [6, 6.07) is 17.5. The third-order valence-corrected chi connectivity index (χ3v) is 3.93. The lowest BCUT2D eigenvalue weighted by Gasteiger charge is -2.20. The van der Waals surface area contributed by atoms with E-state index in [4.69, 9.17) is 9.15 Å². The average molecular weight is 367 g/mol. The second kappa shape index (κ2) is 7.86. The van der Waals surface area contributed by atoms with Crippen LogP contribution in [0.25, 0.3) is 11.3 Å². The largest absolute Gasteiger partial charge is 0.449 e. The van der Waals surface area contributed by atoms with Crippen molar-refractivity contribution in [3.8, 4) is 11.3 Å². The Labute approximate surface area is 156 Å². The summed E-state index contributed by atoms with van der Waals surface area (Å²) < 4.78 is 24.0. The Balaban J connectivity index is 1.82. The van der Waals surface area contributed by atoms with Gasteiger partial charge in [-0.05, 0) is 36.4 Å². The van der Waals surface area contributed by atoms with Gasteiger partial charge < -0.3 is 14.1 Å². The number of benzene rings is 2. The van der Waals surface area contributed by atoms with Crippen molar-refractivity contribution in [1.82, 2.24) is 4.90 Å². The van der Waals surface area contributed by atoms with E-state index in [1.54, 1.807) is 56.6 Å². The van der Waals surface area contributed by atoms with Crippen molar-refractivity contribution < 1.29 is 23.1 Å². The number of hydrogen-bond acceptors (Lipinski definition) is 4. The monoisotopic (exact) mass is 367 g/mol. The van der Waals surface area contributed by atoms with Gasteiger partial charge in [-0.1, -0.05) is 30.3 Å². The number of nitrogens with zero attached hydrogens (tertiary/aromatic N) is 1. The molecule has 0 aliphatic heterocycles. The van der Waals surface area contributed by atoms with E-state index in [1.807, 2.05) is 6.07 Å². The van der Waals surface area contributed by atoms with Crippen LogP contribution >= 0.6 is 0 Å². The Morgan fingerprint density at radius 2 is 1.63 bits per heavy atom. The molecule has 27 heavy (non-hydrogen) atoms. The fourth-order valence-corrected chi connectivity index (χ4v) is 2.51. The fourth-order valence-electron chi connectivity index (χ4n) is 2.51. The van der Waals surface area contributed by atoms with Gasteiger partial charge in [0.1, 0.15) is 11.6 Å². The highest BCUT2D eigenvalue weighted by Crippen LogP contribution is 2.25. The minimum atomic E-state index is -1.08. The van der Waals surface area contributed by atoms with Gasteiger partial charge in [-0.3, -0.25) is 4.79 Å². The Bertz CT molecular complexity index is 932. The van der Waals surface area contributed by atoms with Gasteiger partial charge in [0, 0.05) is 25.2 Å². The molecule has 0 aliphatic rings. The first-order valence-electron chi connectivity index (χ1n) is 8.28. The number of carbonyl (C=O) groups is 2. The molecule has 138 valence electrons. The number of esters is 1. The molecule has 0 saturated heterocycles. The molecule has 1 heterocycles. The van der Waals surface area contributed by atoms with Gasteiger partial charge in [-0.15, -0.1) is 0 Å². The summed E-state index contributed by atoms with van der Waals surface area (Å²) in [5.41, 5.74) is 1.19. The maximum atomic E-state index is 13.0. The second-order valence-electron chi connectivity index (χ2n) is 6.10. The van der Waals surface area contributed by atoms with Gasteiger partial charge in [-0.2, -0.15) is 0 Å². The van der Waals surface area contributed by atoms with Crippen LogP contribution < -0.4 is 0 Å². The highest BCUT2D eigenvalue weighted by Gasteiger charge is 2.28. The van der Waals surface area contributed by atoms with Gasteiger partial charge >= 0.3 is 5.97 Å². The molecule has 0 fully saturated rings. The van der Waals surface area contributed by atoms with Gasteiger partial charge in [0.15, 0.2) is 0 Å². The zero-order valence-electron chi connectivity index (χ0n) is 14.9. The SMILES string of the molecule is CN(C)C(=O)[C@H](OC(=O)c1ccc(-c2ccc(F)cc2)o1)c1ccccc1. The van der Waals surface area contributed by atoms with Crippen LogP contribution in [-0.2, 0) is 9.53 Å². The highest BCUT2D eigenvalue weighted by atomic mass is 19.1. The highest BCUT2D eigenvalue weighted by molar-refractivity contribution is 5.91. The van der Waals surface area contributed by atoms with Crippen LogP contribution in [0, 0.1) is 5.82 Å². The third kappa shape index (κ3) is 4.23. The molecule has 5 nitrogen and oxygen atoms in total. The number of likely N-dealkylation sites (N-methyl/N-ethyl adjacent to an activating group) is 1. The molecular weight excluding hydrogens is 349 g/mol. The topological polar surface area (TPSA) is 59.8 Å². The zero-order valence-corrected chi connectivity index (χ0v) is 14.9.